The molecular weight excluding hydrogens is 532 g/mol. The SMILES string of the molecule is CCOC(=O)Cn1c(CN(C)C(=O)c2ccc(OC)cc2)c(C2CCCCc3ccccc32)c2ccc(C(=O)O)cc21. The lowest BCUT2D eigenvalue weighted by atomic mass is 9.84. The Morgan fingerprint density at radius 1 is 1.00 bits per heavy atom. The van der Waals surface area contributed by atoms with Gasteiger partial charge in [0.05, 0.1) is 25.8 Å². The zero-order valence-corrected chi connectivity index (χ0v) is 24.3. The number of carbonyl (C=O) groups is 3. The summed E-state index contributed by atoms with van der Waals surface area (Å²) < 4.78 is 12.4. The van der Waals surface area contributed by atoms with E-state index in [2.05, 4.69) is 24.3 Å². The molecule has 0 radical (unpaired) electrons. The highest BCUT2D eigenvalue weighted by atomic mass is 16.5. The predicted octanol–water partition coefficient (Wildman–Crippen LogP) is 6.04. The molecule has 8 nitrogen and oxygen atoms in total. The average Bonchev–Trinajstić information content (AvgIpc) is 3.13. The molecule has 0 saturated heterocycles. The number of methoxy groups -OCH3 is 1. The maximum atomic E-state index is 13.6. The van der Waals surface area contributed by atoms with Crippen LogP contribution in [-0.2, 0) is 29.0 Å². The number of amides is 1. The number of aromatic nitrogens is 1. The number of hydrogen-bond acceptors (Lipinski definition) is 5. The molecule has 0 saturated carbocycles. The van der Waals surface area contributed by atoms with Crippen molar-refractivity contribution in [2.24, 2.45) is 0 Å². The van der Waals surface area contributed by atoms with Gasteiger partial charge in [0.15, 0.2) is 0 Å². The maximum absolute atomic E-state index is 13.6. The third-order valence-corrected chi connectivity index (χ3v) is 8.09. The number of carbonyl (C=O) groups excluding carboxylic acids is 2. The summed E-state index contributed by atoms with van der Waals surface area (Å²) in [6, 6.07) is 20.5. The largest absolute Gasteiger partial charge is 0.497 e. The summed E-state index contributed by atoms with van der Waals surface area (Å²) in [4.78, 5) is 40.1. The third-order valence-electron chi connectivity index (χ3n) is 8.09. The van der Waals surface area contributed by atoms with E-state index in [0.717, 1.165) is 42.3 Å². The smallest absolute Gasteiger partial charge is 0.335 e. The van der Waals surface area contributed by atoms with Gasteiger partial charge in [0.1, 0.15) is 12.3 Å². The number of carboxylic acid groups (broad SMARTS) is 1. The van der Waals surface area contributed by atoms with Crippen molar-refractivity contribution in [1.29, 1.82) is 0 Å². The Hall–Kier alpha value is -4.59. The minimum Gasteiger partial charge on any atom is -0.497 e. The van der Waals surface area contributed by atoms with Gasteiger partial charge in [0, 0.05) is 35.1 Å². The molecule has 1 aliphatic rings. The second-order valence-electron chi connectivity index (χ2n) is 10.7. The molecule has 218 valence electrons. The highest BCUT2D eigenvalue weighted by Crippen LogP contribution is 2.42. The third kappa shape index (κ3) is 5.75. The molecule has 1 unspecified atom stereocenters. The Kier molecular flexibility index (Phi) is 8.61. The number of carboxylic acids is 1. The standard InChI is InChI=1S/C34H36N2O6/c1-4-42-31(37)21-36-29-19-24(34(39)40)15-18-28(29)32(27-12-8-6-10-22-9-5-7-11-26(22)27)30(36)20-35(2)33(38)23-13-16-25(41-3)17-14-23/h5,7,9,11,13-19,27H,4,6,8,10,12,20-21H2,1-3H3,(H,39,40). The summed E-state index contributed by atoms with van der Waals surface area (Å²) in [6.07, 6.45) is 3.99. The summed E-state index contributed by atoms with van der Waals surface area (Å²) >= 11 is 0. The van der Waals surface area contributed by atoms with Crippen molar-refractivity contribution in [2.45, 2.75) is 51.6 Å². The van der Waals surface area contributed by atoms with Crippen LogP contribution in [-0.4, -0.2) is 53.2 Å². The summed E-state index contributed by atoms with van der Waals surface area (Å²) in [6.45, 7) is 2.10. The topological polar surface area (TPSA) is 98.1 Å². The highest BCUT2D eigenvalue weighted by Gasteiger charge is 2.30. The number of rotatable bonds is 9. The van der Waals surface area contributed by atoms with Crippen molar-refractivity contribution in [1.82, 2.24) is 9.47 Å². The fourth-order valence-electron chi connectivity index (χ4n) is 6.11. The number of aromatic carboxylic acids is 1. The van der Waals surface area contributed by atoms with Crippen molar-refractivity contribution >= 4 is 28.7 Å². The molecule has 8 heteroatoms. The van der Waals surface area contributed by atoms with Crippen LogP contribution in [0.15, 0.2) is 66.7 Å². The first-order valence-corrected chi connectivity index (χ1v) is 14.3. The number of ether oxygens (including phenoxy) is 2. The van der Waals surface area contributed by atoms with E-state index in [4.69, 9.17) is 9.47 Å². The van der Waals surface area contributed by atoms with Gasteiger partial charge >= 0.3 is 11.9 Å². The van der Waals surface area contributed by atoms with Crippen LogP contribution < -0.4 is 4.74 Å². The fourth-order valence-corrected chi connectivity index (χ4v) is 6.11. The zero-order valence-electron chi connectivity index (χ0n) is 24.3. The van der Waals surface area contributed by atoms with Gasteiger partial charge in [-0.2, -0.15) is 0 Å². The second kappa shape index (κ2) is 12.5. The van der Waals surface area contributed by atoms with E-state index in [1.165, 1.54) is 11.1 Å². The van der Waals surface area contributed by atoms with Gasteiger partial charge in [0.25, 0.3) is 5.91 Å². The fraction of sp³-hybridized carbons (Fsp3) is 0.324. The molecule has 0 aliphatic heterocycles. The van der Waals surface area contributed by atoms with Crippen molar-refractivity contribution in [2.75, 3.05) is 20.8 Å². The quantitative estimate of drug-likeness (QED) is 0.195. The Morgan fingerprint density at radius 2 is 1.74 bits per heavy atom. The first kappa shape index (κ1) is 28.9. The molecule has 3 aromatic carbocycles. The number of nitrogens with zero attached hydrogens (tertiary/aromatic N) is 2. The molecule has 1 heterocycles. The first-order valence-electron chi connectivity index (χ1n) is 14.3. The van der Waals surface area contributed by atoms with E-state index in [1.54, 1.807) is 62.4 Å². The predicted molar refractivity (Wildman–Crippen MR) is 160 cm³/mol. The Balaban J connectivity index is 1.70. The Labute approximate surface area is 245 Å². The van der Waals surface area contributed by atoms with Crippen LogP contribution in [0.2, 0.25) is 0 Å². The lowest BCUT2D eigenvalue weighted by molar-refractivity contribution is -0.143. The molecule has 1 aromatic heterocycles. The molecule has 1 aliphatic carbocycles. The Morgan fingerprint density at radius 3 is 2.45 bits per heavy atom. The lowest BCUT2D eigenvalue weighted by Crippen LogP contribution is -2.29. The van der Waals surface area contributed by atoms with Gasteiger partial charge in [-0.25, -0.2) is 4.79 Å². The normalized spacial score (nSPS) is 14.6. The number of aryl methyl sites for hydroxylation is 1. The van der Waals surface area contributed by atoms with Crippen molar-refractivity contribution < 1.29 is 29.0 Å². The van der Waals surface area contributed by atoms with Gasteiger partial charge in [0.2, 0.25) is 0 Å². The number of esters is 1. The molecule has 1 amide bonds. The summed E-state index contributed by atoms with van der Waals surface area (Å²) in [5.74, 6) is -0.968. The summed E-state index contributed by atoms with van der Waals surface area (Å²) in [7, 11) is 3.32. The number of benzene rings is 3. The first-order chi connectivity index (χ1) is 20.3. The molecule has 0 bridgehead atoms. The van der Waals surface area contributed by atoms with Crippen LogP contribution in [0.25, 0.3) is 10.9 Å². The van der Waals surface area contributed by atoms with Crippen LogP contribution in [0.5, 0.6) is 5.75 Å². The van der Waals surface area contributed by atoms with Crippen LogP contribution in [0.3, 0.4) is 0 Å². The molecule has 42 heavy (non-hydrogen) atoms. The van der Waals surface area contributed by atoms with Gasteiger partial charge in [-0.1, -0.05) is 36.8 Å². The van der Waals surface area contributed by atoms with Gasteiger partial charge < -0.3 is 24.0 Å². The van der Waals surface area contributed by atoms with E-state index in [1.807, 2.05) is 10.6 Å². The van der Waals surface area contributed by atoms with E-state index in [-0.39, 0.29) is 37.1 Å². The molecular formula is C34H36N2O6. The van der Waals surface area contributed by atoms with Crippen LogP contribution in [0, 0.1) is 0 Å². The molecule has 1 N–H and O–H groups in total. The summed E-state index contributed by atoms with van der Waals surface area (Å²) in [5, 5.41) is 10.7. The van der Waals surface area contributed by atoms with E-state index in [0.29, 0.717) is 16.8 Å². The summed E-state index contributed by atoms with van der Waals surface area (Å²) in [5.41, 5.74) is 5.63. The van der Waals surface area contributed by atoms with Crippen LogP contribution in [0.1, 0.15) is 75.2 Å². The van der Waals surface area contributed by atoms with E-state index in [9.17, 15) is 19.5 Å². The molecule has 4 aromatic rings. The van der Waals surface area contributed by atoms with Gasteiger partial charge in [-0.05, 0) is 79.3 Å². The molecule has 0 spiro atoms. The van der Waals surface area contributed by atoms with Gasteiger partial charge in [-0.15, -0.1) is 0 Å². The van der Waals surface area contributed by atoms with Gasteiger partial charge in [-0.3, -0.25) is 9.59 Å². The monoisotopic (exact) mass is 568 g/mol. The Bertz CT molecular complexity index is 1620. The van der Waals surface area contributed by atoms with E-state index >= 15 is 0 Å². The molecule has 5 rings (SSSR count). The van der Waals surface area contributed by atoms with E-state index < -0.39 is 11.9 Å². The zero-order chi connectivity index (χ0) is 29.8. The van der Waals surface area contributed by atoms with Crippen LogP contribution >= 0.6 is 0 Å². The maximum Gasteiger partial charge on any atom is 0.335 e. The average molecular weight is 569 g/mol. The number of fused-ring (bicyclic) bond motifs is 2. The van der Waals surface area contributed by atoms with Crippen molar-refractivity contribution in [3.63, 3.8) is 0 Å². The minimum absolute atomic E-state index is 0.0183. The van der Waals surface area contributed by atoms with Crippen molar-refractivity contribution in [3.8, 4) is 5.75 Å². The molecule has 0 fully saturated rings. The lowest BCUT2D eigenvalue weighted by Gasteiger charge is -2.24. The second-order valence-corrected chi connectivity index (χ2v) is 10.7. The highest BCUT2D eigenvalue weighted by molar-refractivity contribution is 5.97. The minimum atomic E-state index is -1.05. The number of hydrogen-bond donors (Lipinski definition) is 1. The van der Waals surface area contributed by atoms with Crippen LogP contribution in [0.4, 0.5) is 0 Å². The molecule has 1 atom stereocenters. The van der Waals surface area contributed by atoms with Crippen molar-refractivity contribution in [3.05, 3.63) is 100 Å².